The average molecular weight is 426 g/mol. The molecule has 0 saturated heterocycles. The number of methoxy groups -OCH3 is 4. The number of benzene rings is 2. The fourth-order valence-corrected chi connectivity index (χ4v) is 3.55. The van der Waals surface area contributed by atoms with Gasteiger partial charge in [0.25, 0.3) is 15.7 Å². The van der Waals surface area contributed by atoms with E-state index in [9.17, 15) is 23.3 Å². The number of anilines is 1. The van der Waals surface area contributed by atoms with Gasteiger partial charge >= 0.3 is 5.97 Å². The highest BCUT2D eigenvalue weighted by molar-refractivity contribution is 7.92. The number of nitrogens with one attached hydrogen (secondary N) is 1. The second kappa shape index (κ2) is 8.65. The first-order valence-corrected chi connectivity index (χ1v) is 9.37. The van der Waals surface area contributed by atoms with Gasteiger partial charge in [0, 0.05) is 18.2 Å². The Morgan fingerprint density at radius 2 is 1.59 bits per heavy atom. The standard InChI is InChI=1S/C17H18N2O9S/c1-25-13-9-12(17(20)28-4)14(16(27-3)15(13)26-2)18-29(23,24)11-7-5-10(6-8-11)19(21)22/h5-9,18H,1-4H3. The molecule has 12 heteroatoms. The number of carbonyl (C=O) groups excluding carboxylic acids is 1. The van der Waals surface area contributed by atoms with Crippen LogP contribution in [0.3, 0.4) is 0 Å². The van der Waals surface area contributed by atoms with Gasteiger partial charge in [-0.2, -0.15) is 0 Å². The lowest BCUT2D eigenvalue weighted by molar-refractivity contribution is -0.384. The van der Waals surface area contributed by atoms with E-state index in [1.54, 1.807) is 0 Å². The molecule has 2 aromatic carbocycles. The number of non-ortho nitro benzene ring substituents is 1. The normalized spacial score (nSPS) is 10.8. The van der Waals surface area contributed by atoms with E-state index in [-0.39, 0.29) is 39.1 Å². The highest BCUT2D eigenvalue weighted by atomic mass is 32.2. The molecule has 2 rings (SSSR count). The summed E-state index contributed by atoms with van der Waals surface area (Å²) in [6.45, 7) is 0. The maximum absolute atomic E-state index is 12.8. The molecular formula is C17H18N2O9S. The predicted octanol–water partition coefficient (Wildman–Crippen LogP) is 2.21. The fraction of sp³-hybridized carbons (Fsp3) is 0.235. The van der Waals surface area contributed by atoms with Crippen molar-refractivity contribution in [3.05, 3.63) is 46.0 Å². The lowest BCUT2D eigenvalue weighted by atomic mass is 10.1. The van der Waals surface area contributed by atoms with Crippen molar-refractivity contribution in [1.82, 2.24) is 0 Å². The third-order valence-corrected chi connectivity index (χ3v) is 5.20. The van der Waals surface area contributed by atoms with E-state index in [0.717, 1.165) is 31.4 Å². The zero-order valence-corrected chi connectivity index (χ0v) is 16.7. The Bertz CT molecular complexity index is 1030. The predicted molar refractivity (Wildman–Crippen MR) is 101 cm³/mol. The van der Waals surface area contributed by atoms with Gasteiger partial charge in [-0.1, -0.05) is 0 Å². The number of hydrogen-bond acceptors (Lipinski definition) is 9. The minimum atomic E-state index is -4.25. The number of ether oxygens (including phenoxy) is 4. The first-order valence-electron chi connectivity index (χ1n) is 7.88. The number of rotatable bonds is 8. The van der Waals surface area contributed by atoms with Gasteiger partial charge in [-0.25, -0.2) is 13.2 Å². The van der Waals surface area contributed by atoms with Gasteiger partial charge in [-0.05, 0) is 12.1 Å². The molecule has 0 spiro atoms. The highest BCUT2D eigenvalue weighted by Crippen LogP contribution is 2.46. The monoisotopic (exact) mass is 426 g/mol. The minimum absolute atomic E-state index is 0.0454. The van der Waals surface area contributed by atoms with E-state index >= 15 is 0 Å². The Morgan fingerprint density at radius 1 is 1.00 bits per heavy atom. The number of sulfonamides is 1. The third-order valence-electron chi connectivity index (χ3n) is 3.83. The Kier molecular flexibility index (Phi) is 6.49. The van der Waals surface area contributed by atoms with Crippen molar-refractivity contribution in [2.45, 2.75) is 4.90 Å². The summed E-state index contributed by atoms with van der Waals surface area (Å²) in [6.07, 6.45) is 0. The van der Waals surface area contributed by atoms with Crippen LogP contribution < -0.4 is 18.9 Å². The van der Waals surface area contributed by atoms with Crippen molar-refractivity contribution in [3.8, 4) is 17.2 Å². The highest BCUT2D eigenvalue weighted by Gasteiger charge is 2.28. The molecule has 0 amide bonds. The van der Waals surface area contributed by atoms with Crippen LogP contribution in [0.4, 0.5) is 11.4 Å². The summed E-state index contributed by atoms with van der Waals surface area (Å²) in [5, 5.41) is 10.8. The average Bonchev–Trinajstić information content (AvgIpc) is 2.72. The molecule has 0 aliphatic carbocycles. The molecule has 0 aliphatic heterocycles. The molecular weight excluding hydrogens is 408 g/mol. The van der Waals surface area contributed by atoms with Crippen molar-refractivity contribution in [1.29, 1.82) is 0 Å². The molecule has 0 saturated carbocycles. The molecule has 0 atom stereocenters. The van der Waals surface area contributed by atoms with Crippen LogP contribution in [-0.2, 0) is 14.8 Å². The van der Waals surface area contributed by atoms with Crippen molar-refractivity contribution >= 4 is 27.4 Å². The van der Waals surface area contributed by atoms with Crippen molar-refractivity contribution in [2.75, 3.05) is 33.2 Å². The minimum Gasteiger partial charge on any atom is -0.493 e. The Hall–Kier alpha value is -3.54. The summed E-state index contributed by atoms with van der Waals surface area (Å²) in [6, 6.07) is 5.45. The van der Waals surface area contributed by atoms with Crippen LogP contribution >= 0.6 is 0 Å². The Labute approximate surface area is 166 Å². The van der Waals surface area contributed by atoms with Gasteiger partial charge in [0.1, 0.15) is 5.69 Å². The molecule has 0 fully saturated rings. The van der Waals surface area contributed by atoms with Crippen LogP contribution in [0.5, 0.6) is 17.2 Å². The lowest BCUT2D eigenvalue weighted by Crippen LogP contribution is -2.17. The third kappa shape index (κ3) is 4.32. The van der Waals surface area contributed by atoms with E-state index < -0.39 is 20.9 Å². The topological polar surface area (TPSA) is 143 Å². The fourth-order valence-electron chi connectivity index (χ4n) is 2.47. The molecule has 0 bridgehead atoms. The number of hydrogen-bond donors (Lipinski definition) is 1. The summed E-state index contributed by atoms with van der Waals surface area (Å²) in [5.74, 6) is -0.810. The van der Waals surface area contributed by atoms with Crippen LogP contribution in [0.25, 0.3) is 0 Å². The molecule has 0 heterocycles. The molecule has 1 N–H and O–H groups in total. The van der Waals surface area contributed by atoms with Crippen LogP contribution in [0, 0.1) is 10.1 Å². The van der Waals surface area contributed by atoms with E-state index in [4.69, 9.17) is 18.9 Å². The van der Waals surface area contributed by atoms with Gasteiger partial charge < -0.3 is 18.9 Å². The van der Waals surface area contributed by atoms with Crippen LogP contribution in [0.15, 0.2) is 35.2 Å². The lowest BCUT2D eigenvalue weighted by Gasteiger charge is -2.19. The van der Waals surface area contributed by atoms with E-state index in [0.29, 0.717) is 0 Å². The van der Waals surface area contributed by atoms with Crippen LogP contribution in [0.1, 0.15) is 10.4 Å². The van der Waals surface area contributed by atoms with Gasteiger partial charge in [0.15, 0.2) is 11.5 Å². The zero-order valence-electron chi connectivity index (χ0n) is 15.9. The van der Waals surface area contributed by atoms with Gasteiger partial charge in [0.05, 0.1) is 43.8 Å². The summed E-state index contributed by atoms with van der Waals surface area (Å²) >= 11 is 0. The zero-order chi connectivity index (χ0) is 21.8. The largest absolute Gasteiger partial charge is 0.493 e. The number of esters is 1. The van der Waals surface area contributed by atoms with Crippen molar-refractivity contribution in [3.63, 3.8) is 0 Å². The number of carbonyl (C=O) groups is 1. The SMILES string of the molecule is COC(=O)c1cc(OC)c(OC)c(OC)c1NS(=O)(=O)c1ccc([N+](=O)[O-])cc1. The second-order valence-corrected chi connectivity index (χ2v) is 7.10. The van der Waals surface area contributed by atoms with Gasteiger partial charge in [-0.3, -0.25) is 14.8 Å². The summed E-state index contributed by atoms with van der Waals surface area (Å²) in [5.41, 5.74) is -0.703. The van der Waals surface area contributed by atoms with Gasteiger partial charge in [0.2, 0.25) is 5.75 Å². The van der Waals surface area contributed by atoms with Crippen LogP contribution in [-0.4, -0.2) is 47.7 Å². The van der Waals surface area contributed by atoms with E-state index in [1.165, 1.54) is 27.4 Å². The second-order valence-electron chi connectivity index (χ2n) is 5.42. The van der Waals surface area contributed by atoms with Gasteiger partial charge in [-0.15, -0.1) is 0 Å². The molecule has 0 aliphatic rings. The first-order chi connectivity index (χ1) is 13.7. The number of nitro benzene ring substituents is 1. The maximum atomic E-state index is 12.8. The summed E-state index contributed by atoms with van der Waals surface area (Å²) in [7, 11) is 0.768. The van der Waals surface area contributed by atoms with Crippen LogP contribution in [0.2, 0.25) is 0 Å². The molecule has 29 heavy (non-hydrogen) atoms. The molecule has 156 valence electrons. The molecule has 11 nitrogen and oxygen atoms in total. The number of nitro groups is 1. The van der Waals surface area contributed by atoms with Crippen molar-refractivity contribution in [2.24, 2.45) is 0 Å². The van der Waals surface area contributed by atoms with Crippen molar-refractivity contribution < 1.29 is 37.1 Å². The molecule has 0 aromatic heterocycles. The molecule has 0 unspecified atom stereocenters. The Morgan fingerprint density at radius 3 is 2.03 bits per heavy atom. The Balaban J connectivity index is 2.65. The maximum Gasteiger partial charge on any atom is 0.340 e. The molecule has 0 radical (unpaired) electrons. The van der Waals surface area contributed by atoms with E-state index in [2.05, 4.69) is 4.72 Å². The quantitative estimate of drug-likeness (QED) is 0.381. The smallest absolute Gasteiger partial charge is 0.340 e. The van der Waals surface area contributed by atoms with E-state index in [1.807, 2.05) is 0 Å². The first kappa shape index (κ1) is 21.8. The molecule has 2 aromatic rings. The number of nitrogens with zero attached hydrogens (tertiary/aromatic N) is 1. The summed E-state index contributed by atoms with van der Waals surface area (Å²) in [4.78, 5) is 22.1. The summed E-state index contributed by atoms with van der Waals surface area (Å²) < 4.78 is 48.2.